The van der Waals surface area contributed by atoms with Crippen LogP contribution in [0.5, 0.6) is 11.5 Å². The Morgan fingerprint density at radius 2 is 1.93 bits per heavy atom. The Balaban J connectivity index is 1.74. The molecule has 7 nitrogen and oxygen atoms in total. The molecule has 0 N–H and O–H groups in total. The highest BCUT2D eigenvalue weighted by Crippen LogP contribution is 2.39. The third-order valence-electron chi connectivity index (χ3n) is 4.95. The number of fused-ring (bicyclic) bond motifs is 1. The zero-order valence-electron chi connectivity index (χ0n) is 15.1. The molecule has 2 aliphatic heterocycles. The van der Waals surface area contributed by atoms with Crippen LogP contribution < -0.4 is 9.47 Å². The number of aryl methyl sites for hydroxylation is 1. The van der Waals surface area contributed by atoms with Crippen molar-refractivity contribution in [1.82, 2.24) is 14.1 Å². The Hall–Kier alpha value is -1.77. The summed E-state index contributed by atoms with van der Waals surface area (Å²) in [5.74, 6) is 1.03. The van der Waals surface area contributed by atoms with Gasteiger partial charge in [-0.1, -0.05) is 24.4 Å². The van der Waals surface area contributed by atoms with Crippen molar-refractivity contribution in [3.05, 3.63) is 35.1 Å². The third kappa shape index (κ3) is 3.53. The third-order valence-corrected chi connectivity index (χ3v) is 7.15. The molecule has 0 radical (unpaired) electrons. The molecule has 0 bridgehead atoms. The first-order chi connectivity index (χ1) is 13.0. The van der Waals surface area contributed by atoms with Crippen molar-refractivity contribution < 1.29 is 17.9 Å². The van der Waals surface area contributed by atoms with Gasteiger partial charge in [0.25, 0.3) is 0 Å². The second kappa shape index (κ2) is 7.33. The molecule has 0 aliphatic carbocycles. The zero-order chi connectivity index (χ0) is 19.0. The Morgan fingerprint density at radius 1 is 1.15 bits per heavy atom. The van der Waals surface area contributed by atoms with Crippen LogP contribution in [0.3, 0.4) is 0 Å². The molecule has 0 saturated carbocycles. The number of ether oxygens (including phenoxy) is 2. The van der Waals surface area contributed by atoms with Crippen LogP contribution >= 0.6 is 11.6 Å². The van der Waals surface area contributed by atoms with Crippen molar-refractivity contribution in [3.8, 4) is 11.5 Å². The number of benzene rings is 1. The summed E-state index contributed by atoms with van der Waals surface area (Å²) in [6.45, 7) is 1.31. The van der Waals surface area contributed by atoms with E-state index in [2.05, 4.69) is 5.10 Å². The van der Waals surface area contributed by atoms with E-state index in [1.807, 2.05) is 0 Å². The number of nitrogens with zero attached hydrogens (tertiary/aromatic N) is 3. The lowest BCUT2D eigenvalue weighted by atomic mass is 10.1. The maximum atomic E-state index is 13.5. The Morgan fingerprint density at radius 3 is 2.67 bits per heavy atom. The molecule has 1 aromatic carbocycles. The number of aromatic nitrogens is 2. The van der Waals surface area contributed by atoms with Gasteiger partial charge in [0.2, 0.25) is 10.0 Å². The average molecular weight is 412 g/mol. The van der Waals surface area contributed by atoms with Crippen LogP contribution in [0.4, 0.5) is 0 Å². The normalized spacial score (nSPS) is 21.0. The fourth-order valence-corrected chi connectivity index (χ4v) is 5.65. The molecule has 0 spiro atoms. The van der Waals surface area contributed by atoms with Gasteiger partial charge in [-0.25, -0.2) is 8.42 Å². The largest absolute Gasteiger partial charge is 0.486 e. The number of rotatable bonds is 3. The quantitative estimate of drug-likeness (QED) is 0.775. The van der Waals surface area contributed by atoms with Crippen LogP contribution in [0.15, 0.2) is 29.3 Å². The molecular weight excluding hydrogens is 390 g/mol. The topological polar surface area (TPSA) is 73.7 Å². The minimum Gasteiger partial charge on any atom is -0.486 e. The molecule has 2 aromatic rings. The zero-order valence-corrected chi connectivity index (χ0v) is 16.7. The molecule has 0 unspecified atom stereocenters. The van der Waals surface area contributed by atoms with E-state index in [0.717, 1.165) is 19.3 Å². The van der Waals surface area contributed by atoms with Gasteiger partial charge in [-0.2, -0.15) is 9.40 Å². The lowest BCUT2D eigenvalue weighted by molar-refractivity contribution is 0.171. The number of sulfonamides is 1. The molecular formula is C18H22ClN3O4S. The molecule has 4 rings (SSSR count). The van der Waals surface area contributed by atoms with E-state index in [1.165, 1.54) is 0 Å². The number of hydrogen-bond donors (Lipinski definition) is 0. The van der Waals surface area contributed by atoms with Gasteiger partial charge in [0.1, 0.15) is 13.2 Å². The van der Waals surface area contributed by atoms with Crippen LogP contribution in [0, 0.1) is 0 Å². The van der Waals surface area contributed by atoms with Crippen LogP contribution in [0.2, 0.25) is 5.02 Å². The highest BCUT2D eigenvalue weighted by molar-refractivity contribution is 7.89. The van der Waals surface area contributed by atoms with E-state index < -0.39 is 10.0 Å². The first kappa shape index (κ1) is 18.6. The summed E-state index contributed by atoms with van der Waals surface area (Å²) in [7, 11) is -1.95. The summed E-state index contributed by atoms with van der Waals surface area (Å²) in [6.07, 6.45) is 5.13. The molecule has 1 fully saturated rings. The van der Waals surface area contributed by atoms with Crippen LogP contribution in [0.1, 0.15) is 37.4 Å². The maximum absolute atomic E-state index is 13.5. The van der Waals surface area contributed by atoms with E-state index in [1.54, 1.807) is 40.4 Å². The van der Waals surface area contributed by atoms with Crippen molar-refractivity contribution >= 4 is 21.6 Å². The maximum Gasteiger partial charge on any atom is 0.243 e. The molecule has 9 heteroatoms. The molecule has 1 aromatic heterocycles. The van der Waals surface area contributed by atoms with Crippen molar-refractivity contribution in [2.45, 2.75) is 36.6 Å². The van der Waals surface area contributed by atoms with Gasteiger partial charge in [0, 0.05) is 25.9 Å². The molecule has 1 atom stereocenters. The fraction of sp³-hybridized carbons (Fsp3) is 0.500. The van der Waals surface area contributed by atoms with Crippen molar-refractivity contribution in [2.24, 2.45) is 7.05 Å². The number of hydrogen-bond acceptors (Lipinski definition) is 5. The van der Waals surface area contributed by atoms with Gasteiger partial charge in [-0.15, -0.1) is 0 Å². The van der Waals surface area contributed by atoms with Crippen LogP contribution in [0.25, 0.3) is 0 Å². The van der Waals surface area contributed by atoms with Gasteiger partial charge in [0.15, 0.2) is 11.5 Å². The second-order valence-corrected chi connectivity index (χ2v) is 9.12. The van der Waals surface area contributed by atoms with E-state index in [4.69, 9.17) is 21.1 Å². The molecule has 3 heterocycles. The SMILES string of the molecule is Cn1cc(Cl)c([C@H]2CCCCCN2S(=O)(=O)c2ccc3c(c2)OCCO3)n1. The first-order valence-corrected chi connectivity index (χ1v) is 10.9. The summed E-state index contributed by atoms with van der Waals surface area (Å²) in [5, 5.41) is 4.93. The summed E-state index contributed by atoms with van der Waals surface area (Å²) < 4.78 is 41.2. The summed E-state index contributed by atoms with van der Waals surface area (Å²) in [6, 6.07) is 4.40. The monoisotopic (exact) mass is 411 g/mol. The Labute approximate surface area is 163 Å². The smallest absolute Gasteiger partial charge is 0.243 e. The van der Waals surface area contributed by atoms with Crippen LogP contribution in [-0.4, -0.2) is 42.3 Å². The lowest BCUT2D eigenvalue weighted by Gasteiger charge is -2.29. The minimum absolute atomic E-state index is 0.200. The van der Waals surface area contributed by atoms with Crippen molar-refractivity contribution in [1.29, 1.82) is 0 Å². The second-order valence-electron chi connectivity index (χ2n) is 6.82. The predicted molar refractivity (Wildman–Crippen MR) is 101 cm³/mol. The molecule has 27 heavy (non-hydrogen) atoms. The van der Waals surface area contributed by atoms with Gasteiger partial charge >= 0.3 is 0 Å². The van der Waals surface area contributed by atoms with Gasteiger partial charge < -0.3 is 9.47 Å². The molecule has 0 amide bonds. The molecule has 2 aliphatic rings. The van der Waals surface area contributed by atoms with Gasteiger partial charge in [-0.05, 0) is 25.0 Å². The number of halogens is 1. The lowest BCUT2D eigenvalue weighted by Crippen LogP contribution is -2.35. The van der Waals surface area contributed by atoms with E-state index in [9.17, 15) is 8.42 Å². The van der Waals surface area contributed by atoms with Crippen molar-refractivity contribution in [2.75, 3.05) is 19.8 Å². The standard InChI is InChI=1S/C18H22ClN3O4S/c1-21-12-14(19)18(20-21)15-5-3-2-4-8-22(15)27(23,24)13-6-7-16-17(11-13)26-10-9-25-16/h6-7,11-12,15H,2-5,8-10H2,1H3/t15-/m1/s1. The highest BCUT2D eigenvalue weighted by Gasteiger charge is 2.36. The summed E-state index contributed by atoms with van der Waals surface area (Å²) >= 11 is 6.35. The minimum atomic E-state index is -3.73. The Bertz CT molecular complexity index is 944. The molecule has 1 saturated heterocycles. The summed E-state index contributed by atoms with van der Waals surface area (Å²) in [4.78, 5) is 0.200. The van der Waals surface area contributed by atoms with E-state index in [-0.39, 0.29) is 10.9 Å². The van der Waals surface area contributed by atoms with E-state index in [0.29, 0.717) is 48.4 Å². The highest BCUT2D eigenvalue weighted by atomic mass is 35.5. The predicted octanol–water partition coefficient (Wildman–Crippen LogP) is 3.15. The van der Waals surface area contributed by atoms with Gasteiger partial charge in [0.05, 0.1) is 21.7 Å². The fourth-order valence-electron chi connectivity index (χ4n) is 3.66. The average Bonchev–Trinajstić information content (AvgIpc) is 2.86. The van der Waals surface area contributed by atoms with Gasteiger partial charge in [-0.3, -0.25) is 4.68 Å². The molecule has 146 valence electrons. The summed E-state index contributed by atoms with van der Waals surface area (Å²) in [5.41, 5.74) is 0.613. The van der Waals surface area contributed by atoms with E-state index >= 15 is 0 Å². The van der Waals surface area contributed by atoms with Crippen molar-refractivity contribution in [3.63, 3.8) is 0 Å². The Kier molecular flexibility index (Phi) is 5.05. The first-order valence-electron chi connectivity index (χ1n) is 9.07. The van der Waals surface area contributed by atoms with Crippen LogP contribution in [-0.2, 0) is 17.1 Å².